The summed E-state index contributed by atoms with van der Waals surface area (Å²) in [6.07, 6.45) is 3.54. The minimum Gasteiger partial charge on any atom is -0.345 e. The molecule has 0 aliphatic carbocycles. The Morgan fingerprint density at radius 1 is 1.08 bits per heavy atom. The molecule has 0 bridgehead atoms. The Morgan fingerprint density at radius 3 is 2.38 bits per heavy atom. The lowest BCUT2D eigenvalue weighted by atomic mass is 10.1. The van der Waals surface area contributed by atoms with Crippen molar-refractivity contribution in [1.82, 2.24) is 24.7 Å². The van der Waals surface area contributed by atoms with Crippen molar-refractivity contribution < 1.29 is 14.4 Å². The van der Waals surface area contributed by atoms with Gasteiger partial charge in [-0.1, -0.05) is 0 Å². The molecule has 142 valence electrons. The lowest BCUT2D eigenvalue weighted by Gasteiger charge is -2.32. The van der Waals surface area contributed by atoms with E-state index in [0.717, 1.165) is 31.4 Å². The van der Waals surface area contributed by atoms with Gasteiger partial charge in [0, 0.05) is 38.3 Å². The van der Waals surface area contributed by atoms with Gasteiger partial charge < -0.3 is 19.7 Å². The zero-order valence-corrected chi connectivity index (χ0v) is 15.7. The summed E-state index contributed by atoms with van der Waals surface area (Å²) in [5.41, 5.74) is 0.884. The lowest BCUT2D eigenvalue weighted by Crippen LogP contribution is -2.48. The normalized spacial score (nSPS) is 17.7. The summed E-state index contributed by atoms with van der Waals surface area (Å²) >= 11 is 0. The van der Waals surface area contributed by atoms with Crippen molar-refractivity contribution in [3.8, 4) is 0 Å². The summed E-state index contributed by atoms with van der Waals surface area (Å²) in [5.74, 6) is -0.0639. The van der Waals surface area contributed by atoms with Gasteiger partial charge in [-0.15, -0.1) is 0 Å². The van der Waals surface area contributed by atoms with Crippen LogP contribution in [0.4, 0.5) is 0 Å². The monoisotopic (exact) mass is 361 g/mol. The van der Waals surface area contributed by atoms with Gasteiger partial charge in [0.25, 0.3) is 11.8 Å². The van der Waals surface area contributed by atoms with Crippen LogP contribution in [-0.2, 0) is 17.8 Å². The van der Waals surface area contributed by atoms with Gasteiger partial charge in [-0.25, -0.2) is 4.98 Å². The second kappa shape index (κ2) is 7.09. The van der Waals surface area contributed by atoms with E-state index in [9.17, 15) is 14.4 Å². The molecular weight excluding hydrogens is 334 g/mol. The van der Waals surface area contributed by atoms with Crippen LogP contribution in [0.2, 0.25) is 0 Å². The maximum atomic E-state index is 13.0. The Hall–Kier alpha value is -2.38. The van der Waals surface area contributed by atoms with E-state index in [2.05, 4.69) is 10.3 Å². The highest BCUT2D eigenvalue weighted by Gasteiger charge is 2.31. The SMILES string of the molecule is CC(C)(C)NC(=O)c1nc(C(=O)N2CCN(C=O)CC2)c2n1CCCC2. The van der Waals surface area contributed by atoms with Gasteiger partial charge in [-0.05, 0) is 40.0 Å². The first kappa shape index (κ1) is 18.4. The van der Waals surface area contributed by atoms with E-state index in [1.54, 1.807) is 9.80 Å². The van der Waals surface area contributed by atoms with Crippen LogP contribution < -0.4 is 5.32 Å². The number of hydrogen-bond acceptors (Lipinski definition) is 4. The summed E-state index contributed by atoms with van der Waals surface area (Å²) in [7, 11) is 0. The zero-order chi connectivity index (χ0) is 18.9. The first-order valence-corrected chi connectivity index (χ1v) is 9.20. The summed E-state index contributed by atoms with van der Waals surface area (Å²) in [5, 5.41) is 2.94. The van der Waals surface area contributed by atoms with Crippen molar-refractivity contribution in [2.24, 2.45) is 0 Å². The summed E-state index contributed by atoms with van der Waals surface area (Å²) in [6.45, 7) is 8.52. The average molecular weight is 361 g/mol. The van der Waals surface area contributed by atoms with Crippen LogP contribution in [0.5, 0.6) is 0 Å². The first-order valence-electron chi connectivity index (χ1n) is 9.20. The van der Waals surface area contributed by atoms with E-state index in [-0.39, 0.29) is 17.4 Å². The molecule has 3 rings (SSSR count). The number of aromatic nitrogens is 2. The van der Waals surface area contributed by atoms with Gasteiger partial charge in [-0.3, -0.25) is 14.4 Å². The third kappa shape index (κ3) is 3.73. The fraction of sp³-hybridized carbons (Fsp3) is 0.667. The number of fused-ring (bicyclic) bond motifs is 1. The lowest BCUT2D eigenvalue weighted by molar-refractivity contribution is -0.119. The van der Waals surface area contributed by atoms with Crippen molar-refractivity contribution >= 4 is 18.2 Å². The molecule has 0 atom stereocenters. The number of nitrogens with zero attached hydrogens (tertiary/aromatic N) is 4. The molecule has 1 fully saturated rings. The van der Waals surface area contributed by atoms with Crippen molar-refractivity contribution in [3.63, 3.8) is 0 Å². The van der Waals surface area contributed by atoms with E-state index < -0.39 is 0 Å². The zero-order valence-electron chi connectivity index (χ0n) is 15.7. The second-order valence-corrected chi connectivity index (χ2v) is 7.98. The molecule has 0 saturated carbocycles. The van der Waals surface area contributed by atoms with Crippen molar-refractivity contribution in [2.45, 2.75) is 52.1 Å². The Morgan fingerprint density at radius 2 is 1.77 bits per heavy atom. The van der Waals surface area contributed by atoms with Gasteiger partial charge in [-0.2, -0.15) is 0 Å². The number of hydrogen-bond donors (Lipinski definition) is 1. The standard InChI is InChI=1S/C18H27N5O3/c1-18(2,3)20-16(25)15-19-14(13-6-4-5-7-23(13)15)17(26)22-10-8-21(12-24)9-11-22/h12H,4-11H2,1-3H3,(H,20,25). The quantitative estimate of drug-likeness (QED) is 0.801. The van der Waals surface area contributed by atoms with Gasteiger partial charge in [0.1, 0.15) is 5.69 Å². The summed E-state index contributed by atoms with van der Waals surface area (Å²) in [4.78, 5) is 44.4. The number of carbonyl (C=O) groups excluding carboxylic acids is 3. The number of imidazole rings is 1. The molecule has 2 aliphatic heterocycles. The van der Waals surface area contributed by atoms with Gasteiger partial charge in [0.05, 0.1) is 5.69 Å². The fourth-order valence-corrected chi connectivity index (χ4v) is 3.46. The second-order valence-electron chi connectivity index (χ2n) is 7.98. The Balaban J connectivity index is 1.87. The van der Waals surface area contributed by atoms with Crippen molar-refractivity contribution in [2.75, 3.05) is 26.2 Å². The molecule has 1 aromatic rings. The number of nitrogens with one attached hydrogen (secondary N) is 1. The number of rotatable bonds is 3. The Kier molecular flexibility index (Phi) is 5.02. The summed E-state index contributed by atoms with van der Waals surface area (Å²) in [6, 6.07) is 0. The van der Waals surface area contributed by atoms with Gasteiger partial charge in [0.2, 0.25) is 6.41 Å². The molecule has 0 spiro atoms. The van der Waals surface area contributed by atoms with E-state index >= 15 is 0 Å². The predicted molar refractivity (Wildman–Crippen MR) is 95.9 cm³/mol. The van der Waals surface area contributed by atoms with Crippen LogP contribution in [0.15, 0.2) is 0 Å². The highest BCUT2D eigenvalue weighted by atomic mass is 16.2. The molecule has 8 heteroatoms. The molecule has 1 N–H and O–H groups in total. The molecule has 0 aromatic carbocycles. The smallest absolute Gasteiger partial charge is 0.287 e. The first-order chi connectivity index (χ1) is 12.3. The number of carbonyl (C=O) groups is 3. The van der Waals surface area contributed by atoms with E-state index in [0.29, 0.717) is 44.2 Å². The third-order valence-electron chi connectivity index (χ3n) is 4.76. The molecule has 1 saturated heterocycles. The van der Waals surface area contributed by atoms with Crippen molar-refractivity contribution in [3.05, 3.63) is 17.2 Å². The molecule has 2 aliphatic rings. The molecule has 3 heterocycles. The highest BCUT2D eigenvalue weighted by molar-refractivity contribution is 5.97. The molecule has 1 aromatic heterocycles. The van der Waals surface area contributed by atoms with E-state index in [1.807, 2.05) is 25.3 Å². The molecule has 0 unspecified atom stereocenters. The van der Waals surface area contributed by atoms with Gasteiger partial charge >= 0.3 is 0 Å². The molecule has 0 radical (unpaired) electrons. The fourth-order valence-electron chi connectivity index (χ4n) is 3.46. The minimum absolute atomic E-state index is 0.143. The van der Waals surface area contributed by atoms with E-state index in [4.69, 9.17) is 0 Å². The number of amides is 3. The Bertz CT molecular complexity index is 711. The predicted octanol–water partition coefficient (Wildman–Crippen LogP) is 0.662. The molecule has 26 heavy (non-hydrogen) atoms. The topological polar surface area (TPSA) is 87.5 Å². The molecule has 8 nitrogen and oxygen atoms in total. The van der Waals surface area contributed by atoms with Crippen LogP contribution in [0, 0.1) is 0 Å². The minimum atomic E-state index is -0.368. The van der Waals surface area contributed by atoms with E-state index in [1.165, 1.54) is 0 Å². The largest absolute Gasteiger partial charge is 0.345 e. The molecular formula is C18H27N5O3. The number of piperazine rings is 1. The maximum Gasteiger partial charge on any atom is 0.287 e. The van der Waals surface area contributed by atoms with Crippen LogP contribution in [0.1, 0.15) is 60.4 Å². The third-order valence-corrected chi connectivity index (χ3v) is 4.76. The molecule has 3 amide bonds. The summed E-state index contributed by atoms with van der Waals surface area (Å²) < 4.78 is 1.90. The van der Waals surface area contributed by atoms with Crippen molar-refractivity contribution in [1.29, 1.82) is 0 Å². The maximum absolute atomic E-state index is 13.0. The van der Waals surface area contributed by atoms with Gasteiger partial charge in [0.15, 0.2) is 5.82 Å². The highest BCUT2D eigenvalue weighted by Crippen LogP contribution is 2.23. The Labute approximate surface area is 153 Å². The van der Waals surface area contributed by atoms with Crippen LogP contribution >= 0.6 is 0 Å². The van der Waals surface area contributed by atoms with Crippen LogP contribution in [0.25, 0.3) is 0 Å². The van der Waals surface area contributed by atoms with Crippen LogP contribution in [-0.4, -0.2) is 69.3 Å². The van der Waals surface area contributed by atoms with Crippen LogP contribution in [0.3, 0.4) is 0 Å². The average Bonchev–Trinajstić information content (AvgIpc) is 2.99.